The number of aromatic nitrogens is 2. The third-order valence-electron chi connectivity index (χ3n) is 4.01. The number of amides is 1. The number of nitrogens with zero attached hydrogens (tertiary/aromatic N) is 3. The third-order valence-corrected chi connectivity index (χ3v) is 4.89. The number of thiophene rings is 1. The van der Waals surface area contributed by atoms with E-state index in [1.165, 1.54) is 0 Å². The number of imidazole rings is 1. The van der Waals surface area contributed by atoms with Crippen molar-refractivity contribution in [3.63, 3.8) is 0 Å². The second kappa shape index (κ2) is 8.53. The van der Waals surface area contributed by atoms with E-state index in [-0.39, 0.29) is 11.9 Å². The quantitative estimate of drug-likeness (QED) is 0.821. The molecule has 1 amide bonds. The zero-order chi connectivity index (χ0) is 20.2. The molecule has 7 nitrogen and oxygen atoms in total. The fourth-order valence-corrected chi connectivity index (χ4v) is 3.02. The van der Waals surface area contributed by atoms with Gasteiger partial charge in [-0.05, 0) is 25.4 Å². The number of fused-ring (bicyclic) bond motifs is 1. The highest BCUT2D eigenvalue weighted by Crippen LogP contribution is 2.22. The van der Waals surface area contributed by atoms with Crippen molar-refractivity contribution < 1.29 is 27.9 Å². The van der Waals surface area contributed by atoms with E-state index in [0.29, 0.717) is 12.2 Å². The Kier molecular flexibility index (Phi) is 6.60. The number of carboxylic acid groups (broad SMARTS) is 1. The monoisotopic (exact) mass is 404 g/mol. The molecular formula is C16H19F3N4O3S. The van der Waals surface area contributed by atoms with Gasteiger partial charge in [-0.15, -0.1) is 11.3 Å². The summed E-state index contributed by atoms with van der Waals surface area (Å²) in [7, 11) is 2.08. The molecule has 11 heteroatoms. The van der Waals surface area contributed by atoms with E-state index in [4.69, 9.17) is 9.90 Å². The number of carbonyl (C=O) groups excluding carboxylic acids is 1. The Hall–Kier alpha value is -2.40. The standard InChI is InChI=1S/C14H18N4OS.C2HF3O2/c1-10-13-16-12(9-18(13)6-5-17(10)2)14(19)15-8-11-4-3-7-20-11;3-2(4,5)1(6)7/h3-4,7,9-10H,5-6,8H2,1-2H3,(H,15,19);(H,6,7). The van der Waals surface area contributed by atoms with Crippen LogP contribution in [0.4, 0.5) is 13.2 Å². The molecule has 0 radical (unpaired) electrons. The molecule has 1 unspecified atom stereocenters. The molecular weight excluding hydrogens is 385 g/mol. The maximum absolute atomic E-state index is 12.1. The molecule has 148 valence electrons. The number of alkyl halides is 3. The summed E-state index contributed by atoms with van der Waals surface area (Å²) in [6.45, 7) is 4.56. The van der Waals surface area contributed by atoms with Gasteiger partial charge < -0.3 is 15.0 Å². The minimum Gasteiger partial charge on any atom is -0.475 e. The first kappa shape index (κ1) is 20.9. The number of likely N-dealkylation sites (N-methyl/N-ethyl adjacent to an activating group) is 1. The fraction of sp³-hybridized carbons (Fsp3) is 0.438. The van der Waals surface area contributed by atoms with Crippen LogP contribution < -0.4 is 5.32 Å². The average Bonchev–Trinajstić information content (AvgIpc) is 3.25. The minimum atomic E-state index is -5.08. The summed E-state index contributed by atoms with van der Waals surface area (Å²) in [5.74, 6) is -1.89. The molecule has 3 heterocycles. The smallest absolute Gasteiger partial charge is 0.475 e. The Balaban J connectivity index is 0.000000321. The van der Waals surface area contributed by atoms with E-state index in [2.05, 4.69) is 33.7 Å². The van der Waals surface area contributed by atoms with Crippen LogP contribution >= 0.6 is 11.3 Å². The normalized spacial score (nSPS) is 16.9. The SMILES string of the molecule is CC1c2nc(C(=O)NCc3cccs3)cn2CCN1C.O=C(O)C(F)(F)F. The van der Waals surface area contributed by atoms with Crippen molar-refractivity contribution in [1.29, 1.82) is 0 Å². The number of aliphatic carboxylic acids is 1. The molecule has 27 heavy (non-hydrogen) atoms. The molecule has 2 aromatic rings. The molecule has 0 bridgehead atoms. The lowest BCUT2D eigenvalue weighted by molar-refractivity contribution is -0.192. The second-order valence-electron chi connectivity index (χ2n) is 5.90. The first-order valence-electron chi connectivity index (χ1n) is 7.97. The van der Waals surface area contributed by atoms with E-state index in [1.807, 2.05) is 23.7 Å². The van der Waals surface area contributed by atoms with Gasteiger partial charge in [0.2, 0.25) is 0 Å². The Morgan fingerprint density at radius 2 is 2.07 bits per heavy atom. The first-order valence-corrected chi connectivity index (χ1v) is 8.85. The molecule has 0 saturated carbocycles. The minimum absolute atomic E-state index is 0.102. The molecule has 1 aliphatic heterocycles. The summed E-state index contributed by atoms with van der Waals surface area (Å²) < 4.78 is 33.8. The molecule has 0 saturated heterocycles. The average molecular weight is 404 g/mol. The highest BCUT2D eigenvalue weighted by atomic mass is 32.1. The number of carboxylic acids is 1. The summed E-state index contributed by atoms with van der Waals surface area (Å²) in [6, 6.07) is 4.25. The number of hydrogen-bond donors (Lipinski definition) is 2. The summed E-state index contributed by atoms with van der Waals surface area (Å²) >= 11 is 1.64. The van der Waals surface area contributed by atoms with E-state index in [9.17, 15) is 18.0 Å². The van der Waals surface area contributed by atoms with Gasteiger partial charge >= 0.3 is 12.1 Å². The van der Waals surface area contributed by atoms with Crippen LogP contribution in [0.1, 0.15) is 34.2 Å². The van der Waals surface area contributed by atoms with Crippen molar-refractivity contribution in [3.8, 4) is 0 Å². The molecule has 2 N–H and O–H groups in total. The largest absolute Gasteiger partial charge is 0.490 e. The van der Waals surface area contributed by atoms with Gasteiger partial charge in [-0.3, -0.25) is 9.69 Å². The van der Waals surface area contributed by atoms with Crippen molar-refractivity contribution in [3.05, 3.63) is 40.1 Å². The van der Waals surface area contributed by atoms with Gasteiger partial charge in [0, 0.05) is 24.2 Å². The van der Waals surface area contributed by atoms with Gasteiger partial charge in [0.05, 0.1) is 12.6 Å². The number of carbonyl (C=O) groups is 2. The summed E-state index contributed by atoms with van der Waals surface area (Å²) in [5, 5.41) is 12.1. The number of nitrogens with one attached hydrogen (secondary N) is 1. The van der Waals surface area contributed by atoms with Crippen molar-refractivity contribution in [2.45, 2.75) is 32.2 Å². The molecule has 1 atom stereocenters. The van der Waals surface area contributed by atoms with Crippen molar-refractivity contribution in [1.82, 2.24) is 19.8 Å². The predicted molar refractivity (Wildman–Crippen MR) is 92.5 cm³/mol. The summed E-state index contributed by atoms with van der Waals surface area (Å²) in [4.78, 5) is 28.9. The first-order chi connectivity index (χ1) is 12.6. The van der Waals surface area contributed by atoms with E-state index >= 15 is 0 Å². The van der Waals surface area contributed by atoms with E-state index in [1.54, 1.807) is 11.3 Å². The molecule has 0 fully saturated rings. The van der Waals surface area contributed by atoms with Crippen LogP contribution in [0.5, 0.6) is 0 Å². The Morgan fingerprint density at radius 1 is 1.41 bits per heavy atom. The lowest BCUT2D eigenvalue weighted by Gasteiger charge is -2.29. The zero-order valence-electron chi connectivity index (χ0n) is 14.7. The van der Waals surface area contributed by atoms with Gasteiger partial charge in [0.25, 0.3) is 5.91 Å². The van der Waals surface area contributed by atoms with Gasteiger partial charge in [-0.1, -0.05) is 6.07 Å². The van der Waals surface area contributed by atoms with E-state index < -0.39 is 12.1 Å². The van der Waals surface area contributed by atoms with Crippen molar-refractivity contribution >= 4 is 23.2 Å². The predicted octanol–water partition coefficient (Wildman–Crippen LogP) is 2.51. The van der Waals surface area contributed by atoms with Crippen LogP contribution in [0.3, 0.4) is 0 Å². The number of rotatable bonds is 3. The lowest BCUT2D eigenvalue weighted by Crippen LogP contribution is -2.33. The van der Waals surface area contributed by atoms with Gasteiger partial charge in [-0.25, -0.2) is 9.78 Å². The van der Waals surface area contributed by atoms with E-state index in [0.717, 1.165) is 23.8 Å². The molecule has 0 aromatic carbocycles. The number of hydrogen-bond acceptors (Lipinski definition) is 5. The summed E-state index contributed by atoms with van der Waals surface area (Å²) in [5.41, 5.74) is 0.513. The van der Waals surface area contributed by atoms with Crippen molar-refractivity contribution in [2.75, 3.05) is 13.6 Å². The van der Waals surface area contributed by atoms with Gasteiger partial charge in [0.15, 0.2) is 0 Å². The van der Waals surface area contributed by atoms with Crippen LogP contribution in [0, 0.1) is 0 Å². The number of halogens is 3. The zero-order valence-corrected chi connectivity index (χ0v) is 15.5. The van der Waals surface area contributed by atoms with Crippen LogP contribution in [0.25, 0.3) is 0 Å². The highest BCUT2D eigenvalue weighted by Gasteiger charge is 2.38. The molecule has 2 aromatic heterocycles. The van der Waals surface area contributed by atoms with Crippen LogP contribution in [0.2, 0.25) is 0 Å². The Bertz CT molecular complexity index is 789. The molecule has 0 spiro atoms. The van der Waals surface area contributed by atoms with Crippen LogP contribution in [0.15, 0.2) is 23.7 Å². The second-order valence-corrected chi connectivity index (χ2v) is 6.93. The van der Waals surface area contributed by atoms with Crippen LogP contribution in [-0.4, -0.2) is 51.2 Å². The fourth-order valence-electron chi connectivity index (χ4n) is 2.38. The van der Waals surface area contributed by atoms with Crippen molar-refractivity contribution in [2.24, 2.45) is 0 Å². The Labute approximate surface area is 157 Å². The third kappa shape index (κ3) is 5.54. The van der Waals surface area contributed by atoms with Gasteiger partial charge in [-0.2, -0.15) is 13.2 Å². The molecule has 1 aliphatic rings. The Morgan fingerprint density at radius 3 is 2.63 bits per heavy atom. The van der Waals surface area contributed by atoms with Gasteiger partial charge in [0.1, 0.15) is 11.5 Å². The molecule has 3 rings (SSSR count). The topological polar surface area (TPSA) is 87.5 Å². The molecule has 0 aliphatic carbocycles. The van der Waals surface area contributed by atoms with Crippen LogP contribution in [-0.2, 0) is 17.9 Å². The maximum Gasteiger partial charge on any atom is 0.490 e. The maximum atomic E-state index is 12.1. The highest BCUT2D eigenvalue weighted by molar-refractivity contribution is 7.09. The lowest BCUT2D eigenvalue weighted by atomic mass is 10.2. The summed E-state index contributed by atoms with van der Waals surface area (Å²) in [6.07, 6.45) is -3.22.